The van der Waals surface area contributed by atoms with E-state index in [1.807, 2.05) is 11.8 Å². The van der Waals surface area contributed by atoms with Crippen LogP contribution in [-0.2, 0) is 13.5 Å². The maximum absolute atomic E-state index is 2.49. The van der Waals surface area contributed by atoms with E-state index < -0.39 is 0 Å². The highest BCUT2D eigenvalue weighted by atomic mass is 32.2. The fourth-order valence-electron chi connectivity index (χ4n) is 7.02. The number of pyridine rings is 1. The molecule has 0 amide bonds. The maximum Gasteiger partial charge on any atom is 0.222 e. The Kier molecular flexibility index (Phi) is 5.19. The molecule has 1 aliphatic carbocycles. The molecule has 0 radical (unpaired) electrons. The molecule has 1 aromatic heterocycles. The number of aromatic nitrogens is 1. The summed E-state index contributed by atoms with van der Waals surface area (Å²) >= 11 is 2.02. The first-order valence-corrected chi connectivity index (χ1v) is 14.4. The zero-order chi connectivity index (χ0) is 24.6. The van der Waals surface area contributed by atoms with Gasteiger partial charge in [-0.3, -0.25) is 0 Å². The molecule has 36 heavy (non-hydrogen) atoms. The van der Waals surface area contributed by atoms with Crippen molar-refractivity contribution in [3.05, 3.63) is 77.5 Å². The number of benzene rings is 4. The van der Waals surface area contributed by atoms with Gasteiger partial charge < -0.3 is 0 Å². The molecule has 2 heterocycles. The second-order valence-corrected chi connectivity index (χ2v) is 12.4. The van der Waals surface area contributed by atoms with Crippen molar-refractivity contribution in [2.75, 3.05) is 0 Å². The molecule has 1 nitrogen and oxygen atoms in total. The van der Waals surface area contributed by atoms with Crippen LogP contribution in [0, 0.1) is 12.8 Å². The molecule has 5 aromatic rings. The first kappa shape index (κ1) is 22.4. The van der Waals surface area contributed by atoms with Crippen molar-refractivity contribution in [1.29, 1.82) is 0 Å². The van der Waals surface area contributed by atoms with E-state index in [1.54, 1.807) is 0 Å². The van der Waals surface area contributed by atoms with Crippen molar-refractivity contribution in [2.24, 2.45) is 13.0 Å². The lowest BCUT2D eigenvalue weighted by atomic mass is 9.87. The van der Waals surface area contributed by atoms with Crippen LogP contribution >= 0.6 is 11.8 Å². The quantitative estimate of drug-likeness (QED) is 0.177. The van der Waals surface area contributed by atoms with E-state index in [9.17, 15) is 0 Å². The van der Waals surface area contributed by atoms with Crippen molar-refractivity contribution in [3.63, 3.8) is 0 Å². The molecule has 180 valence electrons. The SMILES string of the molecule is Cc1c2c(c(C(C)C)c3ccccc13)Sc1c3ccc(CC4CCCC4)cc3cc3cc[n+](C)c-2c13. The van der Waals surface area contributed by atoms with Crippen molar-refractivity contribution < 1.29 is 4.57 Å². The Labute approximate surface area is 218 Å². The largest absolute Gasteiger partial charge is 0.222 e. The number of nitrogens with zero attached hydrogens (tertiary/aromatic N) is 1. The Morgan fingerprint density at radius 3 is 2.44 bits per heavy atom. The van der Waals surface area contributed by atoms with Gasteiger partial charge >= 0.3 is 0 Å². The molecule has 0 atom stereocenters. The standard InChI is InChI=1S/C34H34NS/c1-20(2)29-28-12-8-7-11-26(28)21(3)30-32-31-24(15-16-35(32)4)19-25-18-23(17-22-9-5-6-10-22)13-14-27(25)33(31)36-34(29)30/h7-8,11-16,18-20,22H,5-6,9-10,17H2,1-4H3/q+1. The average Bonchev–Trinajstić information content (AvgIpc) is 3.38. The molecule has 1 aliphatic heterocycles. The highest BCUT2D eigenvalue weighted by Gasteiger charge is 2.33. The first-order valence-electron chi connectivity index (χ1n) is 13.6. The summed E-state index contributed by atoms with van der Waals surface area (Å²) in [6, 6.07) is 21.1. The molecule has 2 aliphatic rings. The van der Waals surface area contributed by atoms with Crippen LogP contribution in [0.15, 0.2) is 70.6 Å². The Hall–Kier alpha value is -2.84. The van der Waals surface area contributed by atoms with E-state index in [2.05, 4.69) is 93.2 Å². The van der Waals surface area contributed by atoms with Gasteiger partial charge in [-0.25, -0.2) is 4.57 Å². The Morgan fingerprint density at radius 1 is 0.889 bits per heavy atom. The summed E-state index contributed by atoms with van der Waals surface area (Å²) < 4.78 is 2.36. The van der Waals surface area contributed by atoms with Gasteiger partial charge in [-0.05, 0) is 74.9 Å². The van der Waals surface area contributed by atoms with Gasteiger partial charge in [0.25, 0.3) is 0 Å². The third kappa shape index (κ3) is 3.27. The van der Waals surface area contributed by atoms with Crippen LogP contribution in [0.25, 0.3) is 43.6 Å². The highest BCUT2D eigenvalue weighted by Crippen LogP contribution is 2.54. The fraction of sp³-hybridized carbons (Fsp3) is 0.324. The molecule has 1 saturated carbocycles. The third-order valence-electron chi connectivity index (χ3n) is 8.74. The summed E-state index contributed by atoms with van der Waals surface area (Å²) in [4.78, 5) is 2.89. The minimum Gasteiger partial charge on any atom is -0.200 e. The molecule has 0 unspecified atom stereocenters. The molecule has 7 rings (SSSR count). The predicted molar refractivity (Wildman–Crippen MR) is 154 cm³/mol. The van der Waals surface area contributed by atoms with Gasteiger partial charge in [-0.15, -0.1) is 0 Å². The number of hydrogen-bond acceptors (Lipinski definition) is 1. The lowest BCUT2D eigenvalue weighted by molar-refractivity contribution is -0.659. The first-order chi connectivity index (χ1) is 17.5. The van der Waals surface area contributed by atoms with Crippen molar-refractivity contribution in [3.8, 4) is 11.3 Å². The summed E-state index contributed by atoms with van der Waals surface area (Å²) in [7, 11) is 2.22. The minimum absolute atomic E-state index is 0.454. The molecule has 1 fully saturated rings. The normalized spacial score (nSPS) is 15.5. The van der Waals surface area contributed by atoms with Gasteiger partial charge in [0.2, 0.25) is 5.69 Å². The second-order valence-electron chi connectivity index (χ2n) is 11.4. The number of hydrogen-bond donors (Lipinski definition) is 0. The van der Waals surface area contributed by atoms with E-state index >= 15 is 0 Å². The predicted octanol–water partition coefficient (Wildman–Crippen LogP) is 9.27. The van der Waals surface area contributed by atoms with Crippen LogP contribution < -0.4 is 4.57 Å². The van der Waals surface area contributed by atoms with Crippen molar-refractivity contribution in [2.45, 2.75) is 68.6 Å². The number of aryl methyl sites for hydroxylation is 2. The van der Waals surface area contributed by atoms with Crippen LogP contribution in [0.5, 0.6) is 0 Å². The van der Waals surface area contributed by atoms with E-state index in [0.717, 1.165) is 5.92 Å². The third-order valence-corrected chi connectivity index (χ3v) is 10.00. The van der Waals surface area contributed by atoms with Crippen LogP contribution in [0.2, 0.25) is 0 Å². The molecule has 0 N–H and O–H groups in total. The number of rotatable bonds is 3. The Morgan fingerprint density at radius 2 is 1.67 bits per heavy atom. The topological polar surface area (TPSA) is 3.88 Å². The summed E-state index contributed by atoms with van der Waals surface area (Å²) in [6.07, 6.45) is 9.12. The molecule has 2 heteroatoms. The Bertz CT molecular complexity index is 1690. The van der Waals surface area contributed by atoms with Gasteiger partial charge in [-0.2, -0.15) is 0 Å². The van der Waals surface area contributed by atoms with Crippen LogP contribution in [-0.4, -0.2) is 0 Å². The smallest absolute Gasteiger partial charge is 0.200 e. The van der Waals surface area contributed by atoms with E-state index in [0.29, 0.717) is 5.92 Å². The summed E-state index contributed by atoms with van der Waals surface area (Å²) in [6.45, 7) is 7.03. The molecular weight excluding hydrogens is 454 g/mol. The van der Waals surface area contributed by atoms with Gasteiger partial charge in [0.1, 0.15) is 7.05 Å². The summed E-state index contributed by atoms with van der Waals surface area (Å²) in [5, 5.41) is 8.38. The van der Waals surface area contributed by atoms with E-state index in [-0.39, 0.29) is 0 Å². The zero-order valence-electron chi connectivity index (χ0n) is 21.8. The minimum atomic E-state index is 0.454. The van der Waals surface area contributed by atoms with Crippen molar-refractivity contribution >= 4 is 44.1 Å². The highest BCUT2D eigenvalue weighted by molar-refractivity contribution is 8.00. The molecular formula is C34H34NS+. The lowest BCUT2D eigenvalue weighted by Gasteiger charge is -2.27. The van der Waals surface area contributed by atoms with Gasteiger partial charge in [0.15, 0.2) is 6.20 Å². The van der Waals surface area contributed by atoms with Crippen LogP contribution in [0.1, 0.15) is 62.1 Å². The van der Waals surface area contributed by atoms with Crippen molar-refractivity contribution in [1.82, 2.24) is 0 Å². The summed E-state index contributed by atoms with van der Waals surface area (Å²) in [5.41, 5.74) is 7.21. The molecule has 0 bridgehead atoms. The van der Waals surface area contributed by atoms with Gasteiger partial charge in [0, 0.05) is 15.9 Å². The number of fused-ring (bicyclic) bond motifs is 5. The fourth-order valence-corrected chi connectivity index (χ4v) is 8.64. The zero-order valence-corrected chi connectivity index (χ0v) is 22.6. The van der Waals surface area contributed by atoms with Crippen LogP contribution in [0.4, 0.5) is 0 Å². The van der Waals surface area contributed by atoms with Gasteiger partial charge in [0.05, 0.1) is 10.9 Å². The average molecular weight is 489 g/mol. The molecule has 4 aromatic carbocycles. The van der Waals surface area contributed by atoms with Crippen LogP contribution in [0.3, 0.4) is 0 Å². The lowest BCUT2D eigenvalue weighted by Crippen LogP contribution is -2.32. The maximum atomic E-state index is 2.49. The van der Waals surface area contributed by atoms with E-state index in [1.165, 1.54) is 102 Å². The molecule has 0 spiro atoms. The molecule has 0 saturated heterocycles. The monoisotopic (exact) mass is 488 g/mol. The Balaban J connectivity index is 1.54. The van der Waals surface area contributed by atoms with E-state index in [4.69, 9.17) is 0 Å². The second kappa shape index (κ2) is 8.35. The van der Waals surface area contributed by atoms with Gasteiger partial charge in [-0.1, -0.05) is 93.8 Å². The summed E-state index contributed by atoms with van der Waals surface area (Å²) in [5.74, 6) is 1.33.